The molecule has 18 heavy (non-hydrogen) atoms. The van der Waals surface area contributed by atoms with Crippen molar-refractivity contribution in [2.45, 2.75) is 84.8 Å². The summed E-state index contributed by atoms with van der Waals surface area (Å²) in [7, 11) is 0. The van der Waals surface area contributed by atoms with Crippen LogP contribution in [-0.4, -0.2) is 25.3 Å². The van der Waals surface area contributed by atoms with Gasteiger partial charge >= 0.3 is 0 Å². The molecular weight excluding hydrogens is 222 g/mol. The predicted octanol–water partition coefficient (Wildman–Crippen LogP) is 4.14. The van der Waals surface area contributed by atoms with Crippen molar-refractivity contribution < 1.29 is 4.74 Å². The lowest BCUT2D eigenvalue weighted by atomic mass is 9.77. The van der Waals surface area contributed by atoms with E-state index in [9.17, 15) is 0 Å². The lowest BCUT2D eigenvalue weighted by Crippen LogP contribution is -2.36. The van der Waals surface area contributed by atoms with Gasteiger partial charge in [-0.25, -0.2) is 0 Å². The Morgan fingerprint density at radius 3 is 2.44 bits per heavy atom. The average Bonchev–Trinajstić information content (AvgIpc) is 3.16. The van der Waals surface area contributed by atoms with Crippen LogP contribution in [0.4, 0.5) is 0 Å². The molecule has 0 heterocycles. The molecule has 1 aliphatic carbocycles. The highest BCUT2D eigenvalue weighted by Crippen LogP contribution is 2.33. The zero-order chi connectivity index (χ0) is 13.4. The van der Waals surface area contributed by atoms with Gasteiger partial charge in [0.2, 0.25) is 0 Å². The van der Waals surface area contributed by atoms with E-state index in [1.54, 1.807) is 0 Å². The van der Waals surface area contributed by atoms with Crippen LogP contribution < -0.4 is 5.32 Å². The van der Waals surface area contributed by atoms with Crippen LogP contribution in [0.5, 0.6) is 0 Å². The van der Waals surface area contributed by atoms with Crippen molar-refractivity contribution in [1.29, 1.82) is 0 Å². The molecule has 0 aromatic heterocycles. The Labute approximate surface area is 114 Å². The minimum Gasteiger partial charge on any atom is -0.379 e. The summed E-state index contributed by atoms with van der Waals surface area (Å²) in [5.74, 6) is 0. The quantitative estimate of drug-likeness (QED) is 0.599. The van der Waals surface area contributed by atoms with Crippen LogP contribution in [0, 0.1) is 5.41 Å². The second kappa shape index (κ2) is 8.16. The summed E-state index contributed by atoms with van der Waals surface area (Å²) in [6, 6.07) is 0.823. The Balaban J connectivity index is 2.39. The average molecular weight is 255 g/mol. The van der Waals surface area contributed by atoms with Crippen molar-refractivity contribution in [3.8, 4) is 0 Å². The summed E-state index contributed by atoms with van der Waals surface area (Å²) in [6.45, 7) is 11.0. The van der Waals surface area contributed by atoms with Gasteiger partial charge in [-0.3, -0.25) is 0 Å². The maximum Gasteiger partial charge on any atom is 0.0518 e. The van der Waals surface area contributed by atoms with Crippen LogP contribution >= 0.6 is 0 Å². The van der Waals surface area contributed by atoms with Crippen molar-refractivity contribution in [3.05, 3.63) is 0 Å². The molecule has 1 fully saturated rings. The van der Waals surface area contributed by atoms with Crippen LogP contribution in [0.15, 0.2) is 0 Å². The first kappa shape index (κ1) is 16.0. The van der Waals surface area contributed by atoms with Crippen molar-refractivity contribution in [2.24, 2.45) is 5.41 Å². The molecule has 1 atom stereocenters. The fourth-order valence-corrected chi connectivity index (χ4v) is 2.49. The van der Waals surface area contributed by atoms with E-state index in [-0.39, 0.29) is 0 Å². The first-order valence-electron chi connectivity index (χ1n) is 7.97. The number of unbranched alkanes of at least 4 members (excludes halogenated alkanes) is 1. The highest BCUT2D eigenvalue weighted by atomic mass is 16.5. The molecule has 0 aromatic carbocycles. The molecule has 0 aromatic rings. The van der Waals surface area contributed by atoms with Gasteiger partial charge in [-0.15, -0.1) is 0 Å². The highest BCUT2D eigenvalue weighted by Gasteiger charge is 2.30. The monoisotopic (exact) mass is 255 g/mol. The van der Waals surface area contributed by atoms with Crippen LogP contribution in [0.25, 0.3) is 0 Å². The Morgan fingerprint density at radius 2 is 1.94 bits per heavy atom. The number of rotatable bonds is 11. The van der Waals surface area contributed by atoms with Gasteiger partial charge < -0.3 is 10.1 Å². The molecule has 0 bridgehead atoms. The SMILES string of the molecule is CCCCC(CC)(CCOC(C)C)CNC1CC1. The van der Waals surface area contributed by atoms with E-state index in [0.29, 0.717) is 11.5 Å². The van der Waals surface area contributed by atoms with Gasteiger partial charge in [0.15, 0.2) is 0 Å². The zero-order valence-electron chi connectivity index (χ0n) is 12.9. The van der Waals surface area contributed by atoms with E-state index in [4.69, 9.17) is 4.74 Å². The van der Waals surface area contributed by atoms with Gasteiger partial charge in [-0.1, -0.05) is 26.7 Å². The number of nitrogens with one attached hydrogen (secondary N) is 1. The van der Waals surface area contributed by atoms with Gasteiger partial charge in [-0.05, 0) is 51.4 Å². The third-order valence-electron chi connectivity index (χ3n) is 4.24. The minimum absolute atomic E-state index is 0.363. The Kier molecular flexibility index (Phi) is 7.25. The number of ether oxygens (including phenoxy) is 1. The lowest BCUT2D eigenvalue weighted by molar-refractivity contribution is 0.0457. The van der Waals surface area contributed by atoms with Crippen molar-refractivity contribution >= 4 is 0 Å². The van der Waals surface area contributed by atoms with Crippen molar-refractivity contribution in [2.75, 3.05) is 13.2 Å². The van der Waals surface area contributed by atoms with Crippen molar-refractivity contribution in [3.63, 3.8) is 0 Å². The summed E-state index contributed by atoms with van der Waals surface area (Å²) >= 11 is 0. The molecule has 0 amide bonds. The second-order valence-electron chi connectivity index (χ2n) is 6.28. The third-order valence-corrected chi connectivity index (χ3v) is 4.24. The summed E-state index contributed by atoms with van der Waals surface area (Å²) in [6.07, 6.45) is 9.61. The molecule has 1 aliphatic rings. The molecule has 2 nitrogen and oxygen atoms in total. The first-order valence-corrected chi connectivity index (χ1v) is 7.97. The van der Waals surface area contributed by atoms with Crippen molar-refractivity contribution in [1.82, 2.24) is 5.32 Å². The molecule has 1 saturated carbocycles. The smallest absolute Gasteiger partial charge is 0.0518 e. The Morgan fingerprint density at radius 1 is 1.22 bits per heavy atom. The third kappa shape index (κ3) is 6.19. The number of hydrogen-bond acceptors (Lipinski definition) is 2. The van der Waals surface area contributed by atoms with E-state index in [1.807, 2.05) is 0 Å². The fraction of sp³-hybridized carbons (Fsp3) is 1.00. The van der Waals surface area contributed by atoms with Crippen LogP contribution in [0.3, 0.4) is 0 Å². The Hall–Kier alpha value is -0.0800. The van der Waals surface area contributed by atoms with E-state index in [0.717, 1.165) is 12.6 Å². The lowest BCUT2D eigenvalue weighted by Gasteiger charge is -2.34. The molecule has 0 aliphatic heterocycles. The van der Waals surface area contributed by atoms with Gasteiger partial charge in [-0.2, -0.15) is 0 Å². The topological polar surface area (TPSA) is 21.3 Å². The summed E-state index contributed by atoms with van der Waals surface area (Å²) in [5.41, 5.74) is 0.466. The zero-order valence-corrected chi connectivity index (χ0v) is 12.9. The molecule has 1 unspecified atom stereocenters. The van der Waals surface area contributed by atoms with Crippen LogP contribution in [0.2, 0.25) is 0 Å². The summed E-state index contributed by atoms with van der Waals surface area (Å²) in [5, 5.41) is 3.74. The van der Waals surface area contributed by atoms with Crippen LogP contribution in [-0.2, 0) is 4.74 Å². The van der Waals surface area contributed by atoms with E-state index in [2.05, 4.69) is 33.0 Å². The standard InChI is InChI=1S/C16H33NO/c1-5-7-10-16(6-2,11-12-18-14(3)4)13-17-15-8-9-15/h14-15,17H,5-13H2,1-4H3. The summed E-state index contributed by atoms with van der Waals surface area (Å²) in [4.78, 5) is 0. The van der Waals surface area contributed by atoms with E-state index >= 15 is 0 Å². The maximum absolute atomic E-state index is 5.77. The number of hydrogen-bond donors (Lipinski definition) is 1. The van der Waals surface area contributed by atoms with Crippen LogP contribution in [0.1, 0.15) is 72.6 Å². The van der Waals surface area contributed by atoms with E-state index in [1.165, 1.54) is 51.5 Å². The summed E-state index contributed by atoms with van der Waals surface area (Å²) < 4.78 is 5.77. The van der Waals surface area contributed by atoms with Gasteiger partial charge in [0, 0.05) is 19.2 Å². The van der Waals surface area contributed by atoms with Gasteiger partial charge in [0.25, 0.3) is 0 Å². The molecule has 0 radical (unpaired) electrons. The molecule has 1 N–H and O–H groups in total. The second-order valence-corrected chi connectivity index (χ2v) is 6.28. The highest BCUT2D eigenvalue weighted by molar-refractivity contribution is 4.87. The van der Waals surface area contributed by atoms with E-state index < -0.39 is 0 Å². The Bertz CT molecular complexity index is 213. The maximum atomic E-state index is 5.77. The van der Waals surface area contributed by atoms with Gasteiger partial charge in [0.05, 0.1) is 6.10 Å². The normalized spacial score (nSPS) is 19.2. The first-order chi connectivity index (χ1) is 8.62. The molecule has 108 valence electrons. The largest absolute Gasteiger partial charge is 0.379 e. The molecule has 1 rings (SSSR count). The minimum atomic E-state index is 0.363. The molecular formula is C16H33NO. The van der Waals surface area contributed by atoms with Gasteiger partial charge in [0.1, 0.15) is 0 Å². The molecule has 2 heteroatoms. The molecule has 0 spiro atoms. The molecule has 0 saturated heterocycles. The fourth-order valence-electron chi connectivity index (χ4n) is 2.49. The predicted molar refractivity (Wildman–Crippen MR) is 79.0 cm³/mol.